The quantitative estimate of drug-likeness (QED) is 0.898. The number of aryl methyl sites for hydroxylation is 1. The molecule has 1 atom stereocenters. The highest BCUT2D eigenvalue weighted by atomic mass is 35.5. The Labute approximate surface area is 146 Å². The first-order chi connectivity index (χ1) is 11.1. The fourth-order valence-corrected chi connectivity index (χ4v) is 3.55. The molecule has 122 valence electrons. The van der Waals surface area contributed by atoms with Crippen molar-refractivity contribution < 1.29 is 0 Å². The third-order valence-electron chi connectivity index (χ3n) is 3.96. The number of rotatable bonds is 4. The fourth-order valence-electron chi connectivity index (χ4n) is 2.98. The van der Waals surface area contributed by atoms with Gasteiger partial charge < -0.3 is 5.32 Å². The fraction of sp³-hybridized carbons (Fsp3) is 0.412. The molecule has 1 saturated heterocycles. The lowest BCUT2D eigenvalue weighted by atomic mass is 10.0. The molecule has 23 heavy (non-hydrogen) atoms. The number of benzene rings is 1. The van der Waals surface area contributed by atoms with E-state index in [0.717, 1.165) is 43.7 Å². The number of aromatic nitrogens is 2. The lowest BCUT2D eigenvalue weighted by Gasteiger charge is -2.33. The predicted molar refractivity (Wildman–Crippen MR) is 95.2 cm³/mol. The van der Waals surface area contributed by atoms with Gasteiger partial charge >= 0.3 is 0 Å². The molecular formula is C17H20Cl2N4. The Balaban J connectivity index is 1.61. The van der Waals surface area contributed by atoms with Crippen molar-refractivity contribution in [3.8, 4) is 0 Å². The number of halogens is 2. The maximum Gasteiger partial charge on any atom is 0.223 e. The molecule has 1 fully saturated rings. The van der Waals surface area contributed by atoms with E-state index in [0.29, 0.717) is 22.0 Å². The van der Waals surface area contributed by atoms with Crippen LogP contribution < -0.4 is 5.32 Å². The van der Waals surface area contributed by atoms with E-state index in [4.69, 9.17) is 23.2 Å². The van der Waals surface area contributed by atoms with Crippen molar-refractivity contribution in [3.05, 3.63) is 51.8 Å². The van der Waals surface area contributed by atoms with E-state index < -0.39 is 0 Å². The van der Waals surface area contributed by atoms with E-state index in [2.05, 4.69) is 20.2 Å². The van der Waals surface area contributed by atoms with Gasteiger partial charge in [0.15, 0.2) is 0 Å². The third-order valence-corrected chi connectivity index (χ3v) is 4.40. The molecule has 0 aliphatic carbocycles. The van der Waals surface area contributed by atoms with Crippen molar-refractivity contribution in [3.63, 3.8) is 0 Å². The summed E-state index contributed by atoms with van der Waals surface area (Å²) in [6.45, 7) is 4.87. The molecule has 1 aromatic carbocycles. The minimum Gasteiger partial charge on any atom is -0.350 e. The van der Waals surface area contributed by atoms with Crippen LogP contribution in [0.15, 0.2) is 30.5 Å². The Morgan fingerprint density at radius 2 is 2.04 bits per heavy atom. The summed E-state index contributed by atoms with van der Waals surface area (Å²) in [5, 5.41) is 4.82. The highest BCUT2D eigenvalue weighted by molar-refractivity contribution is 6.34. The number of hydrogen-bond acceptors (Lipinski definition) is 4. The SMILES string of the molecule is Cc1ccnc(NC2CCCN(Cc3cc(Cl)cc(Cl)c3)C2)n1. The van der Waals surface area contributed by atoms with Crippen LogP contribution in [0.5, 0.6) is 0 Å². The van der Waals surface area contributed by atoms with Gasteiger partial charge in [-0.3, -0.25) is 4.90 Å². The third kappa shape index (κ3) is 4.80. The molecule has 2 aromatic rings. The zero-order valence-corrected chi connectivity index (χ0v) is 14.6. The van der Waals surface area contributed by atoms with Crippen LogP contribution in [0.3, 0.4) is 0 Å². The molecule has 0 saturated carbocycles. The van der Waals surface area contributed by atoms with Crippen LogP contribution in [-0.2, 0) is 6.54 Å². The second-order valence-corrected chi connectivity index (χ2v) is 6.89. The lowest BCUT2D eigenvalue weighted by molar-refractivity contribution is 0.208. The molecule has 3 rings (SSSR count). The minimum atomic E-state index is 0.361. The van der Waals surface area contributed by atoms with Gasteiger partial charge in [0.05, 0.1) is 0 Å². The first kappa shape index (κ1) is 16.5. The van der Waals surface area contributed by atoms with E-state index in [9.17, 15) is 0 Å². The van der Waals surface area contributed by atoms with E-state index in [1.807, 2.05) is 25.1 Å². The molecule has 1 aliphatic rings. The molecule has 2 heterocycles. The summed E-state index contributed by atoms with van der Waals surface area (Å²) in [5.74, 6) is 0.711. The number of nitrogens with zero attached hydrogens (tertiary/aromatic N) is 3. The van der Waals surface area contributed by atoms with Crippen LogP contribution in [0, 0.1) is 6.92 Å². The average molecular weight is 351 g/mol. The molecule has 1 aliphatic heterocycles. The number of anilines is 1. The second-order valence-electron chi connectivity index (χ2n) is 6.02. The first-order valence-corrected chi connectivity index (χ1v) is 8.57. The van der Waals surface area contributed by atoms with E-state index in [1.165, 1.54) is 0 Å². The second kappa shape index (κ2) is 7.47. The first-order valence-electron chi connectivity index (χ1n) is 7.82. The van der Waals surface area contributed by atoms with Gasteiger partial charge in [-0.15, -0.1) is 0 Å². The van der Waals surface area contributed by atoms with Gasteiger partial charge in [-0.05, 0) is 56.1 Å². The van der Waals surface area contributed by atoms with Crippen LogP contribution in [-0.4, -0.2) is 34.0 Å². The molecule has 1 N–H and O–H groups in total. The van der Waals surface area contributed by atoms with Crippen molar-refractivity contribution in [1.82, 2.24) is 14.9 Å². The molecule has 0 radical (unpaired) electrons. The van der Waals surface area contributed by atoms with E-state index in [-0.39, 0.29) is 0 Å². The van der Waals surface area contributed by atoms with Crippen molar-refractivity contribution >= 4 is 29.2 Å². The van der Waals surface area contributed by atoms with E-state index >= 15 is 0 Å². The number of hydrogen-bond donors (Lipinski definition) is 1. The molecule has 0 spiro atoms. The Morgan fingerprint density at radius 3 is 2.78 bits per heavy atom. The van der Waals surface area contributed by atoms with Gasteiger partial charge in [-0.1, -0.05) is 23.2 Å². The van der Waals surface area contributed by atoms with Crippen LogP contribution in [0.2, 0.25) is 10.0 Å². The smallest absolute Gasteiger partial charge is 0.223 e. The number of nitrogens with one attached hydrogen (secondary N) is 1. The van der Waals surface area contributed by atoms with Crippen molar-refractivity contribution in [2.24, 2.45) is 0 Å². The van der Waals surface area contributed by atoms with Crippen LogP contribution >= 0.6 is 23.2 Å². The Hall–Kier alpha value is -1.36. The largest absolute Gasteiger partial charge is 0.350 e. The van der Waals surface area contributed by atoms with Gasteiger partial charge in [-0.25, -0.2) is 9.97 Å². The summed E-state index contributed by atoms with van der Waals surface area (Å²) in [7, 11) is 0. The zero-order valence-electron chi connectivity index (χ0n) is 13.1. The van der Waals surface area contributed by atoms with Crippen molar-refractivity contribution in [2.45, 2.75) is 32.4 Å². The Bertz CT molecular complexity index is 657. The average Bonchev–Trinajstić information content (AvgIpc) is 2.46. The van der Waals surface area contributed by atoms with Crippen LogP contribution in [0.25, 0.3) is 0 Å². The predicted octanol–water partition coefficient (Wildman–Crippen LogP) is 4.17. The summed E-state index contributed by atoms with van der Waals surface area (Å²) >= 11 is 12.2. The van der Waals surface area contributed by atoms with Gasteiger partial charge in [-0.2, -0.15) is 0 Å². The van der Waals surface area contributed by atoms with Crippen LogP contribution in [0.1, 0.15) is 24.1 Å². The summed E-state index contributed by atoms with van der Waals surface area (Å²) in [6, 6.07) is 7.99. The minimum absolute atomic E-state index is 0.361. The molecule has 0 bridgehead atoms. The Morgan fingerprint density at radius 1 is 1.26 bits per heavy atom. The maximum atomic E-state index is 6.09. The number of likely N-dealkylation sites (tertiary alicyclic amines) is 1. The van der Waals surface area contributed by atoms with Crippen molar-refractivity contribution in [1.29, 1.82) is 0 Å². The summed E-state index contributed by atoms with van der Waals surface area (Å²) in [5.41, 5.74) is 2.12. The van der Waals surface area contributed by atoms with Crippen molar-refractivity contribution in [2.75, 3.05) is 18.4 Å². The molecule has 0 amide bonds. The summed E-state index contributed by atoms with van der Waals surface area (Å²) in [6.07, 6.45) is 4.07. The summed E-state index contributed by atoms with van der Waals surface area (Å²) < 4.78 is 0. The highest BCUT2D eigenvalue weighted by Crippen LogP contribution is 2.22. The summed E-state index contributed by atoms with van der Waals surface area (Å²) in [4.78, 5) is 11.1. The van der Waals surface area contributed by atoms with E-state index in [1.54, 1.807) is 12.3 Å². The van der Waals surface area contributed by atoms with Gasteiger partial charge in [0.2, 0.25) is 5.95 Å². The van der Waals surface area contributed by atoms with Gasteiger partial charge in [0.25, 0.3) is 0 Å². The molecule has 1 unspecified atom stereocenters. The highest BCUT2D eigenvalue weighted by Gasteiger charge is 2.20. The zero-order chi connectivity index (χ0) is 16.2. The number of piperidine rings is 1. The molecule has 4 nitrogen and oxygen atoms in total. The molecule has 1 aromatic heterocycles. The lowest BCUT2D eigenvalue weighted by Crippen LogP contribution is -2.41. The monoisotopic (exact) mass is 350 g/mol. The molecular weight excluding hydrogens is 331 g/mol. The molecule has 6 heteroatoms. The normalized spacial score (nSPS) is 18.8. The van der Waals surface area contributed by atoms with Gasteiger partial charge in [0.1, 0.15) is 0 Å². The topological polar surface area (TPSA) is 41.1 Å². The maximum absolute atomic E-state index is 6.09. The van der Waals surface area contributed by atoms with Crippen LogP contribution in [0.4, 0.5) is 5.95 Å². The Kier molecular flexibility index (Phi) is 5.36. The van der Waals surface area contributed by atoms with Gasteiger partial charge in [0, 0.05) is 41.1 Å². The standard InChI is InChI=1S/C17H20Cl2N4/c1-12-4-5-20-17(21-12)22-16-3-2-6-23(11-16)10-13-7-14(18)9-15(19)8-13/h4-5,7-9,16H,2-3,6,10-11H2,1H3,(H,20,21,22).